The highest BCUT2D eigenvalue weighted by Gasteiger charge is 2.45. The molecule has 3 saturated heterocycles. The van der Waals surface area contributed by atoms with Crippen molar-refractivity contribution in [3.63, 3.8) is 0 Å². The number of hydrogen-bond donors (Lipinski definition) is 0. The Kier molecular flexibility index (Phi) is 4.42. The van der Waals surface area contributed by atoms with Crippen molar-refractivity contribution in [1.82, 2.24) is 14.8 Å². The molecule has 3 fully saturated rings. The van der Waals surface area contributed by atoms with Gasteiger partial charge in [-0.1, -0.05) is 0 Å². The van der Waals surface area contributed by atoms with Crippen LogP contribution in [0.5, 0.6) is 0 Å². The molecular formula is C17H21F3N4O2. The zero-order valence-corrected chi connectivity index (χ0v) is 14.3. The molecule has 0 aromatic carbocycles. The van der Waals surface area contributed by atoms with Crippen LogP contribution in [0.2, 0.25) is 0 Å². The molecule has 2 unspecified atom stereocenters. The van der Waals surface area contributed by atoms with Crippen LogP contribution in [0, 0.1) is 5.92 Å². The van der Waals surface area contributed by atoms with Crippen LogP contribution in [-0.2, 0) is 10.9 Å². The van der Waals surface area contributed by atoms with Crippen LogP contribution >= 0.6 is 0 Å². The highest BCUT2D eigenvalue weighted by Crippen LogP contribution is 2.35. The Morgan fingerprint density at radius 3 is 2.58 bits per heavy atom. The first-order valence-corrected chi connectivity index (χ1v) is 8.85. The lowest BCUT2D eigenvalue weighted by Gasteiger charge is -2.33. The summed E-state index contributed by atoms with van der Waals surface area (Å²) in [5.74, 6) is 0.871. The number of carbonyl (C=O) groups excluding carboxylic acids is 1. The second-order valence-electron chi connectivity index (χ2n) is 7.00. The molecule has 4 rings (SSSR count). The molecule has 1 aromatic rings. The zero-order valence-electron chi connectivity index (χ0n) is 14.3. The molecule has 3 aliphatic rings. The number of amides is 2. The molecule has 26 heavy (non-hydrogen) atoms. The normalized spacial score (nSPS) is 26.3. The van der Waals surface area contributed by atoms with Crippen molar-refractivity contribution in [2.45, 2.75) is 18.6 Å². The molecule has 3 aliphatic heterocycles. The third kappa shape index (κ3) is 3.20. The Morgan fingerprint density at radius 2 is 1.92 bits per heavy atom. The molecule has 142 valence electrons. The van der Waals surface area contributed by atoms with Gasteiger partial charge in [0.05, 0.1) is 24.8 Å². The fraction of sp³-hybridized carbons (Fsp3) is 0.647. The Hall–Kier alpha value is -2.03. The van der Waals surface area contributed by atoms with E-state index in [0.29, 0.717) is 44.6 Å². The summed E-state index contributed by atoms with van der Waals surface area (Å²) in [6.45, 7) is 4.41. The molecule has 0 N–H and O–H groups in total. The number of halogens is 3. The van der Waals surface area contributed by atoms with Crippen molar-refractivity contribution in [3.05, 3.63) is 23.9 Å². The van der Waals surface area contributed by atoms with Gasteiger partial charge in [0.1, 0.15) is 5.82 Å². The molecule has 0 saturated carbocycles. The lowest BCUT2D eigenvalue weighted by molar-refractivity contribution is -0.137. The summed E-state index contributed by atoms with van der Waals surface area (Å²) in [5.41, 5.74) is -0.746. The van der Waals surface area contributed by atoms with E-state index in [4.69, 9.17) is 4.74 Å². The van der Waals surface area contributed by atoms with Crippen molar-refractivity contribution in [2.24, 2.45) is 5.92 Å². The van der Waals surface area contributed by atoms with E-state index in [-0.39, 0.29) is 12.1 Å². The van der Waals surface area contributed by atoms with Gasteiger partial charge < -0.3 is 19.4 Å². The highest BCUT2D eigenvalue weighted by molar-refractivity contribution is 5.75. The first-order chi connectivity index (χ1) is 12.4. The van der Waals surface area contributed by atoms with Gasteiger partial charge in [-0.15, -0.1) is 0 Å². The van der Waals surface area contributed by atoms with E-state index < -0.39 is 11.7 Å². The van der Waals surface area contributed by atoms with Crippen molar-refractivity contribution in [2.75, 3.05) is 50.8 Å². The SMILES string of the molecule is O=C(N1CCOCC1)N1CCC2CN(c3ccc(C(F)(F)F)cn3)CC21. The topological polar surface area (TPSA) is 48.9 Å². The number of likely N-dealkylation sites (tertiary alicyclic amines) is 1. The molecule has 1 aromatic heterocycles. The van der Waals surface area contributed by atoms with Crippen LogP contribution in [0.1, 0.15) is 12.0 Å². The van der Waals surface area contributed by atoms with Gasteiger partial charge in [0, 0.05) is 44.8 Å². The number of carbonyl (C=O) groups is 1. The van der Waals surface area contributed by atoms with E-state index in [1.807, 2.05) is 14.7 Å². The van der Waals surface area contributed by atoms with E-state index in [0.717, 1.165) is 31.8 Å². The number of alkyl halides is 3. The summed E-state index contributed by atoms with van der Waals surface area (Å²) in [4.78, 5) is 22.5. The lowest BCUT2D eigenvalue weighted by Crippen LogP contribution is -2.51. The minimum Gasteiger partial charge on any atom is -0.378 e. The third-order valence-electron chi connectivity index (χ3n) is 5.47. The number of aromatic nitrogens is 1. The van der Waals surface area contributed by atoms with E-state index >= 15 is 0 Å². The van der Waals surface area contributed by atoms with E-state index in [2.05, 4.69) is 4.98 Å². The predicted molar refractivity (Wildman–Crippen MR) is 87.8 cm³/mol. The quantitative estimate of drug-likeness (QED) is 0.759. The van der Waals surface area contributed by atoms with Gasteiger partial charge in [-0.05, 0) is 18.6 Å². The molecule has 0 bridgehead atoms. The minimum atomic E-state index is -4.38. The zero-order chi connectivity index (χ0) is 18.3. The summed E-state index contributed by atoms with van der Waals surface area (Å²) < 4.78 is 43.4. The van der Waals surface area contributed by atoms with Crippen LogP contribution in [0.15, 0.2) is 18.3 Å². The number of ether oxygens (including phenoxy) is 1. The van der Waals surface area contributed by atoms with Crippen molar-refractivity contribution >= 4 is 11.8 Å². The maximum Gasteiger partial charge on any atom is 0.417 e. The number of anilines is 1. The van der Waals surface area contributed by atoms with Gasteiger partial charge in [0.2, 0.25) is 0 Å². The van der Waals surface area contributed by atoms with Crippen molar-refractivity contribution in [3.8, 4) is 0 Å². The van der Waals surface area contributed by atoms with Crippen LogP contribution in [0.3, 0.4) is 0 Å². The first-order valence-electron chi connectivity index (χ1n) is 8.85. The fourth-order valence-corrected chi connectivity index (χ4v) is 4.06. The number of hydrogen-bond acceptors (Lipinski definition) is 4. The van der Waals surface area contributed by atoms with Crippen LogP contribution < -0.4 is 4.90 Å². The second kappa shape index (κ2) is 6.61. The van der Waals surface area contributed by atoms with Gasteiger partial charge in [-0.2, -0.15) is 13.2 Å². The molecule has 2 atom stereocenters. The molecule has 0 aliphatic carbocycles. The first kappa shape index (κ1) is 17.4. The average molecular weight is 370 g/mol. The van der Waals surface area contributed by atoms with Crippen molar-refractivity contribution in [1.29, 1.82) is 0 Å². The monoisotopic (exact) mass is 370 g/mol. The average Bonchev–Trinajstić information content (AvgIpc) is 3.22. The summed E-state index contributed by atoms with van der Waals surface area (Å²) in [5, 5.41) is 0. The standard InChI is InChI=1S/C17H21F3N4O2/c18-17(19,20)13-1-2-15(21-9-13)23-10-12-3-4-24(14(12)11-23)16(25)22-5-7-26-8-6-22/h1-2,9,12,14H,3-8,10-11H2. The van der Waals surface area contributed by atoms with E-state index in [1.165, 1.54) is 6.07 Å². The predicted octanol–water partition coefficient (Wildman–Crippen LogP) is 2.06. The number of pyridine rings is 1. The summed E-state index contributed by atoms with van der Waals surface area (Å²) in [7, 11) is 0. The van der Waals surface area contributed by atoms with Gasteiger partial charge in [0.15, 0.2) is 0 Å². The van der Waals surface area contributed by atoms with Gasteiger partial charge in [0.25, 0.3) is 0 Å². The van der Waals surface area contributed by atoms with Crippen LogP contribution in [0.4, 0.5) is 23.8 Å². The molecule has 0 spiro atoms. The number of nitrogens with zero attached hydrogens (tertiary/aromatic N) is 4. The van der Waals surface area contributed by atoms with Crippen LogP contribution in [0.25, 0.3) is 0 Å². The fourth-order valence-electron chi connectivity index (χ4n) is 4.06. The van der Waals surface area contributed by atoms with Gasteiger partial charge in [-0.25, -0.2) is 9.78 Å². The molecule has 4 heterocycles. The number of urea groups is 1. The van der Waals surface area contributed by atoms with Crippen molar-refractivity contribution < 1.29 is 22.7 Å². The molecule has 9 heteroatoms. The molecular weight excluding hydrogens is 349 g/mol. The molecule has 0 radical (unpaired) electrons. The summed E-state index contributed by atoms with van der Waals surface area (Å²) >= 11 is 0. The Bertz CT molecular complexity index is 661. The molecule has 6 nitrogen and oxygen atoms in total. The lowest BCUT2D eigenvalue weighted by atomic mass is 10.1. The van der Waals surface area contributed by atoms with Gasteiger partial charge in [-0.3, -0.25) is 0 Å². The summed E-state index contributed by atoms with van der Waals surface area (Å²) in [6, 6.07) is 2.61. The Labute approximate surface area is 149 Å². The Morgan fingerprint density at radius 1 is 1.15 bits per heavy atom. The highest BCUT2D eigenvalue weighted by atomic mass is 19.4. The largest absolute Gasteiger partial charge is 0.417 e. The Balaban J connectivity index is 1.43. The van der Waals surface area contributed by atoms with Crippen LogP contribution in [-0.4, -0.2) is 72.8 Å². The van der Waals surface area contributed by atoms with E-state index in [9.17, 15) is 18.0 Å². The maximum atomic E-state index is 12.8. The second-order valence-corrected chi connectivity index (χ2v) is 7.00. The molecule has 2 amide bonds. The maximum absolute atomic E-state index is 12.8. The smallest absolute Gasteiger partial charge is 0.378 e. The number of fused-ring (bicyclic) bond motifs is 1. The number of rotatable bonds is 1. The van der Waals surface area contributed by atoms with E-state index in [1.54, 1.807) is 0 Å². The minimum absolute atomic E-state index is 0.0445. The number of morpholine rings is 1. The van der Waals surface area contributed by atoms with Gasteiger partial charge >= 0.3 is 12.2 Å². The summed E-state index contributed by atoms with van der Waals surface area (Å²) in [6.07, 6.45) is -2.59. The third-order valence-corrected chi connectivity index (χ3v) is 5.47.